The number of allylic oxidation sites excluding steroid dienone is 5. The van der Waals surface area contributed by atoms with Crippen molar-refractivity contribution in [2.45, 2.75) is 41.0 Å². The van der Waals surface area contributed by atoms with Gasteiger partial charge in [0, 0.05) is 17.8 Å². The lowest BCUT2D eigenvalue weighted by atomic mass is 9.80. The molecule has 1 aromatic rings. The first-order valence-corrected chi connectivity index (χ1v) is 8.52. The Hall–Kier alpha value is -2.02. The van der Waals surface area contributed by atoms with Crippen molar-refractivity contribution in [3.63, 3.8) is 0 Å². The number of rotatable bonds is 5. The van der Waals surface area contributed by atoms with Crippen LogP contribution in [-0.4, -0.2) is 0 Å². The second-order valence-electron chi connectivity index (χ2n) is 7.17. The standard InChI is InChI=1S/C22H29N/c1-6-18-10-12-19(13-11-18)9-7-8-16-23-21-15-14-20(17(21)2)22(3,4)5/h7-17,23H,6H2,1-5H3/b9-7-,16-8-. The summed E-state index contributed by atoms with van der Waals surface area (Å²) in [5.41, 5.74) is 5.60. The average Bonchev–Trinajstić information content (AvgIpc) is 2.89. The van der Waals surface area contributed by atoms with Crippen LogP contribution < -0.4 is 5.32 Å². The van der Waals surface area contributed by atoms with E-state index in [4.69, 9.17) is 0 Å². The summed E-state index contributed by atoms with van der Waals surface area (Å²) >= 11 is 0. The smallest absolute Gasteiger partial charge is 0.0216 e. The van der Waals surface area contributed by atoms with Crippen LogP contribution in [0.15, 0.2) is 66.0 Å². The van der Waals surface area contributed by atoms with E-state index in [2.05, 4.69) is 94.6 Å². The third kappa shape index (κ3) is 4.72. The topological polar surface area (TPSA) is 12.0 Å². The Bertz CT molecular complexity index is 634. The fourth-order valence-electron chi connectivity index (χ4n) is 2.94. The molecule has 1 aromatic carbocycles. The van der Waals surface area contributed by atoms with Crippen LogP contribution in [-0.2, 0) is 6.42 Å². The fourth-order valence-corrected chi connectivity index (χ4v) is 2.94. The highest BCUT2D eigenvalue weighted by Crippen LogP contribution is 2.37. The van der Waals surface area contributed by atoms with Crippen molar-refractivity contribution in [2.75, 3.05) is 0 Å². The van der Waals surface area contributed by atoms with Crippen molar-refractivity contribution < 1.29 is 0 Å². The normalized spacial score (nSPS) is 18.6. The second-order valence-corrected chi connectivity index (χ2v) is 7.17. The molecule has 1 unspecified atom stereocenters. The van der Waals surface area contributed by atoms with Gasteiger partial charge in [-0.1, -0.05) is 82.7 Å². The molecule has 1 heteroatoms. The van der Waals surface area contributed by atoms with Gasteiger partial charge in [-0.25, -0.2) is 0 Å². The molecular formula is C22H29N. The molecule has 0 heterocycles. The molecule has 2 rings (SSSR count). The van der Waals surface area contributed by atoms with Gasteiger partial charge in [-0.05, 0) is 35.1 Å². The summed E-state index contributed by atoms with van der Waals surface area (Å²) in [7, 11) is 0. The highest BCUT2D eigenvalue weighted by atomic mass is 14.9. The molecule has 23 heavy (non-hydrogen) atoms. The Kier molecular flexibility index (Phi) is 5.65. The van der Waals surface area contributed by atoms with Gasteiger partial charge in [-0.15, -0.1) is 0 Å². The number of nitrogens with one attached hydrogen (secondary N) is 1. The molecular weight excluding hydrogens is 278 g/mol. The van der Waals surface area contributed by atoms with E-state index in [9.17, 15) is 0 Å². The Morgan fingerprint density at radius 3 is 2.30 bits per heavy atom. The van der Waals surface area contributed by atoms with E-state index in [0.717, 1.165) is 6.42 Å². The third-order valence-electron chi connectivity index (χ3n) is 4.38. The molecule has 1 nitrogen and oxygen atoms in total. The molecule has 1 aliphatic carbocycles. The van der Waals surface area contributed by atoms with Gasteiger partial charge in [-0.2, -0.15) is 0 Å². The molecule has 1 N–H and O–H groups in total. The predicted octanol–water partition coefficient (Wildman–Crippen LogP) is 5.87. The summed E-state index contributed by atoms with van der Waals surface area (Å²) in [5.74, 6) is 0.463. The number of hydrogen-bond donors (Lipinski definition) is 1. The van der Waals surface area contributed by atoms with Crippen molar-refractivity contribution in [1.82, 2.24) is 5.32 Å². The number of hydrogen-bond acceptors (Lipinski definition) is 1. The SMILES string of the molecule is CCc1ccc(/C=C\C=C/NC2=CC=C(C(C)(C)C)C2C)cc1. The lowest BCUT2D eigenvalue weighted by Crippen LogP contribution is -2.19. The van der Waals surface area contributed by atoms with Gasteiger partial charge >= 0.3 is 0 Å². The van der Waals surface area contributed by atoms with Gasteiger partial charge < -0.3 is 5.32 Å². The van der Waals surface area contributed by atoms with Gasteiger partial charge in [0.05, 0.1) is 0 Å². The maximum atomic E-state index is 3.42. The Labute approximate surface area is 141 Å². The van der Waals surface area contributed by atoms with Gasteiger partial charge in [0.2, 0.25) is 0 Å². The zero-order chi connectivity index (χ0) is 16.9. The number of aryl methyl sites for hydroxylation is 1. The zero-order valence-corrected chi connectivity index (χ0v) is 15.1. The Balaban J connectivity index is 1.85. The van der Waals surface area contributed by atoms with Crippen LogP contribution in [0.5, 0.6) is 0 Å². The molecule has 0 radical (unpaired) electrons. The van der Waals surface area contributed by atoms with Crippen LogP contribution in [0, 0.1) is 11.3 Å². The van der Waals surface area contributed by atoms with E-state index in [1.807, 2.05) is 6.20 Å². The van der Waals surface area contributed by atoms with Crippen molar-refractivity contribution in [2.24, 2.45) is 11.3 Å². The van der Waals surface area contributed by atoms with Crippen LogP contribution in [0.4, 0.5) is 0 Å². The minimum atomic E-state index is 0.230. The lowest BCUT2D eigenvalue weighted by Gasteiger charge is -2.26. The Morgan fingerprint density at radius 2 is 1.74 bits per heavy atom. The molecule has 1 atom stereocenters. The van der Waals surface area contributed by atoms with Crippen molar-refractivity contribution >= 4 is 6.08 Å². The maximum absolute atomic E-state index is 3.42. The molecule has 0 saturated heterocycles. The van der Waals surface area contributed by atoms with Crippen LogP contribution in [0.25, 0.3) is 6.08 Å². The fraction of sp³-hybridized carbons (Fsp3) is 0.364. The molecule has 1 aliphatic rings. The van der Waals surface area contributed by atoms with Gasteiger partial charge in [0.25, 0.3) is 0 Å². The van der Waals surface area contributed by atoms with Crippen molar-refractivity contribution in [3.05, 3.63) is 77.2 Å². The predicted molar refractivity (Wildman–Crippen MR) is 102 cm³/mol. The van der Waals surface area contributed by atoms with E-state index in [1.54, 1.807) is 0 Å². The summed E-state index contributed by atoms with van der Waals surface area (Å²) in [4.78, 5) is 0. The molecule has 0 bridgehead atoms. The third-order valence-corrected chi connectivity index (χ3v) is 4.38. The molecule has 0 fully saturated rings. The van der Waals surface area contributed by atoms with Crippen molar-refractivity contribution in [1.29, 1.82) is 0 Å². The van der Waals surface area contributed by atoms with Crippen LogP contribution in [0.1, 0.15) is 45.7 Å². The minimum Gasteiger partial charge on any atom is -0.365 e. The Morgan fingerprint density at radius 1 is 1.04 bits per heavy atom. The van der Waals surface area contributed by atoms with E-state index in [-0.39, 0.29) is 5.41 Å². The van der Waals surface area contributed by atoms with Crippen LogP contribution in [0.2, 0.25) is 0 Å². The van der Waals surface area contributed by atoms with Crippen LogP contribution in [0.3, 0.4) is 0 Å². The number of benzene rings is 1. The van der Waals surface area contributed by atoms with Gasteiger partial charge in [0.15, 0.2) is 0 Å². The molecule has 0 amide bonds. The summed E-state index contributed by atoms with van der Waals surface area (Å²) in [6, 6.07) is 8.70. The van der Waals surface area contributed by atoms with E-state index in [0.29, 0.717) is 5.92 Å². The highest BCUT2D eigenvalue weighted by Gasteiger charge is 2.27. The molecule has 0 spiro atoms. The second kappa shape index (κ2) is 7.50. The first-order valence-electron chi connectivity index (χ1n) is 8.52. The monoisotopic (exact) mass is 307 g/mol. The highest BCUT2D eigenvalue weighted by molar-refractivity contribution is 5.51. The average molecular weight is 307 g/mol. The molecule has 122 valence electrons. The summed E-state index contributed by atoms with van der Waals surface area (Å²) < 4.78 is 0. The largest absolute Gasteiger partial charge is 0.365 e. The summed E-state index contributed by atoms with van der Waals surface area (Å²) in [6.45, 7) is 11.3. The first kappa shape index (κ1) is 17.3. The minimum absolute atomic E-state index is 0.230. The molecule has 0 saturated carbocycles. The quantitative estimate of drug-likeness (QED) is 0.671. The summed E-state index contributed by atoms with van der Waals surface area (Å²) in [6.07, 6.45) is 13.8. The zero-order valence-electron chi connectivity index (χ0n) is 15.1. The van der Waals surface area contributed by atoms with E-state index in [1.165, 1.54) is 22.4 Å². The maximum Gasteiger partial charge on any atom is 0.0216 e. The first-order chi connectivity index (χ1) is 10.9. The van der Waals surface area contributed by atoms with E-state index >= 15 is 0 Å². The van der Waals surface area contributed by atoms with E-state index < -0.39 is 0 Å². The molecule has 0 aliphatic heterocycles. The van der Waals surface area contributed by atoms with Gasteiger partial charge in [-0.3, -0.25) is 0 Å². The van der Waals surface area contributed by atoms with Crippen molar-refractivity contribution in [3.8, 4) is 0 Å². The lowest BCUT2D eigenvalue weighted by molar-refractivity contribution is 0.457. The summed E-state index contributed by atoms with van der Waals surface area (Å²) in [5, 5.41) is 3.42. The van der Waals surface area contributed by atoms with Crippen LogP contribution >= 0.6 is 0 Å². The van der Waals surface area contributed by atoms with Gasteiger partial charge in [0.1, 0.15) is 0 Å². The molecule has 0 aromatic heterocycles.